The van der Waals surface area contributed by atoms with Crippen LogP contribution in [0.1, 0.15) is 22.3 Å². The average Bonchev–Trinajstić information content (AvgIpc) is 3.42. The van der Waals surface area contributed by atoms with Crippen molar-refractivity contribution in [3.05, 3.63) is 89.0 Å². The number of methoxy groups -OCH3 is 1. The van der Waals surface area contributed by atoms with Crippen LogP contribution in [0.4, 0.5) is 16.2 Å². The first kappa shape index (κ1) is 22.8. The van der Waals surface area contributed by atoms with E-state index in [2.05, 4.69) is 11.4 Å². The molecule has 3 amide bonds. The van der Waals surface area contributed by atoms with Crippen LogP contribution in [0.2, 0.25) is 0 Å². The van der Waals surface area contributed by atoms with Crippen molar-refractivity contribution in [3.63, 3.8) is 0 Å². The van der Waals surface area contributed by atoms with Gasteiger partial charge in [-0.25, -0.2) is 4.79 Å². The molecular weight excluding hydrogens is 460 g/mol. The first-order valence-electron chi connectivity index (χ1n) is 11.2. The molecule has 0 unspecified atom stereocenters. The summed E-state index contributed by atoms with van der Waals surface area (Å²) < 4.78 is 5.47. The van der Waals surface area contributed by atoms with Crippen LogP contribution < -0.4 is 15.0 Å². The number of nitrogens with zero attached hydrogens (tertiary/aromatic N) is 3. The molecule has 0 aromatic heterocycles. The fraction of sp³-hybridized carbons (Fsp3) is 0.222. The lowest BCUT2D eigenvalue weighted by atomic mass is 10.1. The van der Waals surface area contributed by atoms with E-state index in [4.69, 9.17) is 4.74 Å². The highest BCUT2D eigenvalue weighted by Crippen LogP contribution is 2.55. The van der Waals surface area contributed by atoms with Gasteiger partial charge in [0.15, 0.2) is 4.87 Å². The van der Waals surface area contributed by atoms with Gasteiger partial charge in [0.2, 0.25) is 0 Å². The van der Waals surface area contributed by atoms with Crippen LogP contribution in [0.3, 0.4) is 0 Å². The molecule has 176 valence electrons. The third-order valence-electron chi connectivity index (χ3n) is 6.35. The quantitative estimate of drug-likeness (QED) is 0.572. The molecular formula is C27H24N4O3S. The molecule has 35 heavy (non-hydrogen) atoms. The van der Waals surface area contributed by atoms with E-state index >= 15 is 0 Å². The average molecular weight is 485 g/mol. The predicted molar refractivity (Wildman–Crippen MR) is 136 cm³/mol. The molecule has 1 fully saturated rings. The van der Waals surface area contributed by atoms with Crippen LogP contribution in [0.25, 0.3) is 0 Å². The van der Waals surface area contributed by atoms with Gasteiger partial charge in [-0.1, -0.05) is 29.8 Å². The molecule has 5 rings (SSSR count). The number of anilines is 2. The number of ether oxygens (including phenoxy) is 1. The van der Waals surface area contributed by atoms with Crippen molar-refractivity contribution in [1.29, 1.82) is 5.26 Å². The SMILES string of the molecule is COc1ccc2c(c1)[C@]1(SCCN1C(=O)Nc1ccc(C)cc1)C(=O)N2Cc1cccc(C#N)c1. The highest BCUT2D eigenvalue weighted by atomic mass is 32.2. The fourth-order valence-electron chi connectivity index (χ4n) is 4.63. The Hall–Kier alpha value is -3.96. The van der Waals surface area contributed by atoms with Gasteiger partial charge in [-0.15, -0.1) is 11.8 Å². The Labute approximate surface area is 208 Å². The van der Waals surface area contributed by atoms with E-state index in [1.807, 2.05) is 61.5 Å². The minimum absolute atomic E-state index is 0.176. The van der Waals surface area contributed by atoms with Gasteiger partial charge in [-0.2, -0.15) is 5.26 Å². The molecule has 2 aliphatic heterocycles. The summed E-state index contributed by atoms with van der Waals surface area (Å²) in [5.41, 5.74) is 4.62. The number of carbonyl (C=O) groups excluding carboxylic acids is 2. The van der Waals surface area contributed by atoms with Crippen molar-refractivity contribution in [1.82, 2.24) is 4.90 Å². The van der Waals surface area contributed by atoms with E-state index in [1.165, 1.54) is 11.8 Å². The second-order valence-corrected chi connectivity index (χ2v) is 9.81. The Kier molecular flexibility index (Phi) is 5.87. The molecule has 3 aromatic rings. The number of fused-ring (bicyclic) bond motifs is 2. The second-order valence-electron chi connectivity index (χ2n) is 8.53. The first-order chi connectivity index (χ1) is 17.0. The minimum Gasteiger partial charge on any atom is -0.497 e. The van der Waals surface area contributed by atoms with E-state index in [0.717, 1.165) is 22.4 Å². The monoisotopic (exact) mass is 484 g/mol. The largest absolute Gasteiger partial charge is 0.497 e. The van der Waals surface area contributed by atoms with Crippen molar-refractivity contribution >= 4 is 35.1 Å². The van der Waals surface area contributed by atoms with Crippen LogP contribution in [-0.4, -0.2) is 36.2 Å². The number of carbonyl (C=O) groups is 2. The van der Waals surface area contributed by atoms with E-state index in [-0.39, 0.29) is 11.9 Å². The van der Waals surface area contributed by atoms with Crippen LogP contribution >= 0.6 is 11.8 Å². The number of nitrogens with one attached hydrogen (secondary N) is 1. The van der Waals surface area contributed by atoms with Gasteiger partial charge in [0.25, 0.3) is 5.91 Å². The Morgan fingerprint density at radius 2 is 1.97 bits per heavy atom. The standard InChI is InChI=1S/C27H24N4O3S/c1-18-6-8-21(9-7-18)29-26(33)31-12-13-35-27(31)23-15-22(34-2)10-11-24(23)30(25(27)32)17-20-5-3-4-19(14-20)16-28/h3-11,14-15H,12-13,17H2,1-2H3,(H,29,33)/t27-/m0/s1. The molecule has 1 N–H and O–H groups in total. The predicted octanol–water partition coefficient (Wildman–Crippen LogP) is 4.86. The van der Waals surface area contributed by atoms with E-state index in [9.17, 15) is 14.9 Å². The van der Waals surface area contributed by atoms with Crippen molar-refractivity contribution in [2.75, 3.05) is 29.6 Å². The highest BCUT2D eigenvalue weighted by Gasteiger charge is 2.59. The summed E-state index contributed by atoms with van der Waals surface area (Å²) in [5, 5.41) is 12.2. The van der Waals surface area contributed by atoms with Crippen LogP contribution in [0.15, 0.2) is 66.7 Å². The third kappa shape index (κ3) is 3.88. The summed E-state index contributed by atoms with van der Waals surface area (Å²) >= 11 is 1.46. The van der Waals surface area contributed by atoms with Gasteiger partial charge in [0.1, 0.15) is 5.75 Å². The zero-order chi connectivity index (χ0) is 24.6. The van der Waals surface area contributed by atoms with E-state index in [0.29, 0.717) is 35.8 Å². The number of nitriles is 1. The molecule has 2 aliphatic rings. The van der Waals surface area contributed by atoms with Gasteiger partial charge in [0, 0.05) is 23.5 Å². The maximum Gasteiger partial charge on any atom is 0.323 e. The molecule has 0 saturated carbocycles. The number of urea groups is 1. The van der Waals surface area contributed by atoms with Crippen LogP contribution in [0.5, 0.6) is 5.75 Å². The van der Waals surface area contributed by atoms with Gasteiger partial charge in [-0.05, 0) is 55.0 Å². The summed E-state index contributed by atoms with van der Waals surface area (Å²) in [4.78, 5) is 29.8. The smallest absolute Gasteiger partial charge is 0.323 e. The van der Waals surface area contributed by atoms with Crippen molar-refractivity contribution in [2.45, 2.75) is 18.3 Å². The zero-order valence-corrected chi connectivity index (χ0v) is 20.3. The van der Waals surface area contributed by atoms with Gasteiger partial charge >= 0.3 is 6.03 Å². The summed E-state index contributed by atoms with van der Waals surface area (Å²) in [5.74, 6) is 1.07. The number of aryl methyl sites for hydroxylation is 1. The molecule has 3 aromatic carbocycles. The summed E-state index contributed by atoms with van der Waals surface area (Å²) in [6.45, 7) is 2.71. The maximum absolute atomic E-state index is 14.1. The molecule has 7 nitrogen and oxygen atoms in total. The van der Waals surface area contributed by atoms with Crippen molar-refractivity contribution in [3.8, 4) is 11.8 Å². The Balaban J connectivity index is 1.54. The number of thioether (sulfide) groups is 1. The molecule has 8 heteroatoms. The van der Waals surface area contributed by atoms with Gasteiger partial charge < -0.3 is 15.0 Å². The number of hydrogen-bond acceptors (Lipinski definition) is 5. The normalized spacial score (nSPS) is 18.5. The van der Waals surface area contributed by atoms with Crippen molar-refractivity contribution < 1.29 is 14.3 Å². The summed E-state index contributed by atoms with van der Waals surface area (Å²) in [6.07, 6.45) is 0. The molecule has 0 bridgehead atoms. The summed E-state index contributed by atoms with van der Waals surface area (Å²) in [6, 6.07) is 22.2. The number of benzene rings is 3. The van der Waals surface area contributed by atoms with Gasteiger partial charge in [0.05, 0.1) is 31.0 Å². The maximum atomic E-state index is 14.1. The molecule has 0 radical (unpaired) electrons. The lowest BCUT2D eigenvalue weighted by Crippen LogP contribution is -2.51. The van der Waals surface area contributed by atoms with E-state index in [1.54, 1.807) is 29.0 Å². The lowest BCUT2D eigenvalue weighted by Gasteiger charge is -2.33. The molecule has 1 atom stereocenters. The molecule has 2 heterocycles. The highest BCUT2D eigenvalue weighted by molar-refractivity contribution is 8.01. The van der Waals surface area contributed by atoms with Crippen molar-refractivity contribution in [2.24, 2.45) is 0 Å². The lowest BCUT2D eigenvalue weighted by molar-refractivity contribution is -0.123. The van der Waals surface area contributed by atoms with Gasteiger partial charge in [-0.3, -0.25) is 9.69 Å². The molecule has 0 aliphatic carbocycles. The molecule has 1 spiro atoms. The topological polar surface area (TPSA) is 85.7 Å². The molecule has 1 saturated heterocycles. The number of amides is 3. The number of hydrogen-bond donors (Lipinski definition) is 1. The second kappa shape index (κ2) is 9.01. The fourth-order valence-corrected chi connectivity index (χ4v) is 6.08. The first-order valence-corrected chi connectivity index (χ1v) is 12.2. The van der Waals surface area contributed by atoms with E-state index < -0.39 is 4.87 Å². The Morgan fingerprint density at radius 3 is 2.71 bits per heavy atom. The zero-order valence-electron chi connectivity index (χ0n) is 19.4. The number of rotatable bonds is 4. The Bertz CT molecular complexity index is 1350. The third-order valence-corrected chi connectivity index (χ3v) is 7.76. The minimum atomic E-state index is -1.19. The Morgan fingerprint density at radius 1 is 1.17 bits per heavy atom. The van der Waals surface area contributed by atoms with Crippen LogP contribution in [0, 0.1) is 18.3 Å². The van der Waals surface area contributed by atoms with Crippen LogP contribution in [-0.2, 0) is 16.2 Å². The summed E-state index contributed by atoms with van der Waals surface area (Å²) in [7, 11) is 1.58.